The Morgan fingerprint density at radius 3 is 0.594 bits per heavy atom. The van der Waals surface area contributed by atoms with Crippen molar-refractivity contribution >= 4 is 97.3 Å². The number of halogens is 2. The first kappa shape index (κ1) is 87.2. The highest BCUT2D eigenvalue weighted by atomic mass is 79.9. The topological polar surface area (TPSA) is 77.3 Å². The number of benzene rings is 11. The fourth-order valence-electron chi connectivity index (χ4n) is 20.3. The van der Waals surface area contributed by atoms with Gasteiger partial charge in [-0.15, -0.1) is 0 Å². The highest BCUT2D eigenvalue weighted by molar-refractivity contribution is 9.11. The summed E-state index contributed by atoms with van der Waals surface area (Å²) in [5.74, 6) is 30.4. The predicted octanol–water partition coefficient (Wildman–Crippen LogP) is 30.7. The first-order valence-corrected chi connectivity index (χ1v) is 45.9. The first-order chi connectivity index (χ1) is 60.9. The van der Waals surface area contributed by atoms with E-state index in [2.05, 4.69) is 407 Å². The predicted molar refractivity (Wildman–Crippen MR) is 549 cm³/mol. The Bertz CT molecular complexity index is 7490. The fourth-order valence-corrected chi connectivity index (χ4v) is 21.5. The minimum absolute atomic E-state index is 0.798. The Kier molecular flexibility index (Phi) is 22.7. The van der Waals surface area contributed by atoms with Crippen molar-refractivity contribution < 1.29 is 0 Å². The number of rotatable bonds is 6. The minimum Gasteiger partial charge on any atom is -0.245 e. The van der Waals surface area contributed by atoms with Crippen molar-refractivity contribution in [3.63, 3.8) is 0 Å². The molecule has 0 amide bonds. The van der Waals surface area contributed by atoms with Crippen LogP contribution in [0.1, 0.15) is 200 Å². The molecule has 0 unspecified atom stereocenters. The van der Waals surface area contributed by atoms with Crippen LogP contribution in [0.5, 0.6) is 0 Å². The first-order valence-electron chi connectivity index (χ1n) is 44.3. The molecule has 0 aliphatic carbocycles. The number of fused-ring (bicyclic) bond motifs is 9. The van der Waals surface area contributed by atoms with E-state index >= 15 is 0 Å². The summed E-state index contributed by atoms with van der Waals surface area (Å²) in [6.07, 6.45) is 0. The summed E-state index contributed by atoms with van der Waals surface area (Å²) in [4.78, 5) is 34.0. The highest BCUT2D eigenvalue weighted by Crippen LogP contribution is 2.45. The highest BCUT2D eigenvalue weighted by Gasteiger charge is 2.27. The van der Waals surface area contributed by atoms with Crippen molar-refractivity contribution in [3.05, 3.63) is 343 Å². The molecule has 0 radical (unpaired) electrons. The van der Waals surface area contributed by atoms with Gasteiger partial charge in [0.15, 0.2) is 0 Å². The van der Waals surface area contributed by atoms with E-state index in [0.29, 0.717) is 0 Å². The summed E-state index contributed by atoms with van der Waals surface area (Å²) in [5, 5.41) is 5.93. The molecular weight excluding hydrogens is 1690 g/mol. The van der Waals surface area contributed by atoms with Gasteiger partial charge in [-0.1, -0.05) is 199 Å². The maximum atomic E-state index is 5.83. The molecule has 0 spiro atoms. The third-order valence-corrected chi connectivity index (χ3v) is 30.2. The monoisotopic (exact) mass is 1790 g/mol. The SMILES string of the molecule is Cc1cc(C)c(-c2ccc3ccc4cc(C#Cc5c(C)c(C)c(C#Cc6cc7ccc8cc(C#Cc9c(C)c(C)c(C#Cc%10cc%11ccc%12ccc(-c%13c(C)cc(C)cc%13C)nc%12c%11nc%10-c%10c(C)c(C)c(Br)c(C)c%10C)c(C)c9C)c(-c9c(C)cc(C)cc9C)nc8c7nc6-c6c(C)cc(C)cc6C)c(C)c5C)c(-c5c(C)c(C)c(Br)c(C)c5C)nc4c3n2)c(C)c1. The van der Waals surface area contributed by atoms with E-state index in [0.717, 1.165) is 275 Å². The van der Waals surface area contributed by atoms with Crippen molar-refractivity contribution in [2.45, 2.75) is 194 Å². The molecule has 0 saturated heterocycles. The molecular formula is C120H106Br2N6. The lowest BCUT2D eigenvalue weighted by Crippen LogP contribution is -2.03. The lowest BCUT2D eigenvalue weighted by molar-refractivity contribution is 1.20. The van der Waals surface area contributed by atoms with Crippen LogP contribution >= 0.6 is 31.9 Å². The number of nitrogens with zero attached hydrogens (tertiary/aromatic N) is 6. The zero-order chi connectivity index (χ0) is 91.3. The molecule has 11 aromatic carbocycles. The largest absolute Gasteiger partial charge is 0.245 e. The Labute approximate surface area is 772 Å². The number of aryl methyl sites for hydroxylation is 12. The molecule has 0 bridgehead atoms. The second-order valence-electron chi connectivity index (χ2n) is 36.5. The molecule has 128 heavy (non-hydrogen) atoms. The van der Waals surface area contributed by atoms with Crippen molar-refractivity contribution in [3.8, 4) is 115 Å². The van der Waals surface area contributed by atoms with Gasteiger partial charge in [-0.2, -0.15) is 0 Å². The van der Waals surface area contributed by atoms with Crippen LogP contribution < -0.4 is 0 Å². The van der Waals surface area contributed by atoms with Gasteiger partial charge in [-0.05, 0) is 364 Å². The quantitative estimate of drug-likeness (QED) is 0.122. The maximum Gasteiger partial charge on any atom is 0.0973 e. The van der Waals surface area contributed by atoms with E-state index < -0.39 is 0 Å². The molecule has 0 fully saturated rings. The number of hydrogen-bond donors (Lipinski definition) is 0. The van der Waals surface area contributed by atoms with Crippen LogP contribution in [0.3, 0.4) is 0 Å². The molecule has 17 aromatic rings. The smallest absolute Gasteiger partial charge is 0.0973 e. The van der Waals surface area contributed by atoms with Crippen LogP contribution in [-0.4, -0.2) is 29.9 Å². The van der Waals surface area contributed by atoms with Gasteiger partial charge in [0, 0.05) is 96.9 Å². The Hall–Kier alpha value is -12.9. The van der Waals surface area contributed by atoms with Crippen molar-refractivity contribution in [1.82, 2.24) is 29.9 Å². The van der Waals surface area contributed by atoms with Gasteiger partial charge in [-0.25, -0.2) is 29.9 Å². The van der Waals surface area contributed by atoms with Crippen LogP contribution in [0.15, 0.2) is 142 Å². The van der Waals surface area contributed by atoms with E-state index in [1.54, 1.807) is 0 Å². The molecule has 6 heterocycles. The van der Waals surface area contributed by atoms with Crippen molar-refractivity contribution in [2.24, 2.45) is 0 Å². The van der Waals surface area contributed by atoms with Gasteiger partial charge < -0.3 is 0 Å². The van der Waals surface area contributed by atoms with Crippen LogP contribution in [0.4, 0.5) is 0 Å². The van der Waals surface area contributed by atoms with Gasteiger partial charge in [0.05, 0.1) is 89.5 Å². The summed E-state index contributed by atoms with van der Waals surface area (Å²) in [5.41, 5.74) is 56.5. The summed E-state index contributed by atoms with van der Waals surface area (Å²) in [6.45, 7) is 61.3. The lowest BCUT2D eigenvalue weighted by Gasteiger charge is -2.19. The molecule has 0 aliphatic heterocycles. The summed E-state index contributed by atoms with van der Waals surface area (Å²) >= 11 is 7.92. The molecule has 17 rings (SSSR count). The van der Waals surface area contributed by atoms with Crippen LogP contribution in [-0.2, 0) is 0 Å². The molecule has 0 saturated carbocycles. The zero-order valence-electron chi connectivity index (χ0n) is 79.1. The van der Waals surface area contributed by atoms with E-state index in [1.165, 1.54) is 66.8 Å². The van der Waals surface area contributed by atoms with Crippen molar-refractivity contribution in [1.29, 1.82) is 0 Å². The maximum absolute atomic E-state index is 5.83. The van der Waals surface area contributed by atoms with Gasteiger partial charge in [0.1, 0.15) is 0 Å². The molecule has 6 nitrogen and oxygen atoms in total. The number of hydrogen-bond acceptors (Lipinski definition) is 6. The Morgan fingerprint density at radius 2 is 0.367 bits per heavy atom. The van der Waals surface area contributed by atoms with E-state index in [-0.39, 0.29) is 0 Å². The average molecular weight is 1790 g/mol. The summed E-state index contributed by atoms with van der Waals surface area (Å²) in [7, 11) is 0. The Balaban J connectivity index is 0.772. The zero-order valence-corrected chi connectivity index (χ0v) is 82.3. The molecule has 8 heteroatoms. The third-order valence-electron chi connectivity index (χ3n) is 27.8. The van der Waals surface area contributed by atoms with E-state index in [9.17, 15) is 0 Å². The summed E-state index contributed by atoms with van der Waals surface area (Å²) in [6, 6.07) is 48.6. The van der Waals surface area contributed by atoms with Crippen LogP contribution in [0.25, 0.3) is 133 Å². The van der Waals surface area contributed by atoms with E-state index in [1.807, 2.05) is 0 Å². The third kappa shape index (κ3) is 15.0. The Morgan fingerprint density at radius 1 is 0.180 bits per heavy atom. The standard InChI is InChI=1S/C120H106Br2N6/c1-59-47-63(5)103(64(6)48-59)101-45-39-87-29-31-93-57-91(113(127-117(93)115(87)123-101)107-79(21)83(25)109(121)84(26)80(107)22)37-43-99-75(17)71(13)97(72(14)76(99)18)41-35-89-55-95-33-34-96-56-90(112(106-69(11)53-62(4)54-70(106)12)126-120(96)119(95)125-111(89)105-67(9)51-61(3)52-68(105)10)36-42-98-73(15)77(19)100(78(20)74(98)16)44-38-92-58-94-32-30-88-40-46-102(104-65(7)49-60(2)50-66(104)8)124-116(88)118(94)128-114(92)108-81(23)85(27)110(122)86(28)82(108)24/h29-34,39-40,45-58H,1-28H3. The number of pyridine rings is 6. The second-order valence-corrected chi connectivity index (χ2v) is 38.1. The molecule has 630 valence electrons. The summed E-state index contributed by atoms with van der Waals surface area (Å²) < 4.78 is 2.23. The molecule has 6 aromatic heterocycles. The molecule has 0 N–H and O–H groups in total. The molecule has 0 aliphatic rings. The van der Waals surface area contributed by atoms with Gasteiger partial charge in [0.25, 0.3) is 0 Å². The molecule has 0 atom stereocenters. The van der Waals surface area contributed by atoms with Crippen LogP contribution in [0.2, 0.25) is 0 Å². The van der Waals surface area contributed by atoms with Gasteiger partial charge >= 0.3 is 0 Å². The van der Waals surface area contributed by atoms with E-state index in [4.69, 9.17) is 29.9 Å². The average Bonchev–Trinajstić information content (AvgIpc) is 0.746. The number of aromatic nitrogens is 6. The van der Waals surface area contributed by atoms with Gasteiger partial charge in [-0.3, -0.25) is 0 Å². The lowest BCUT2D eigenvalue weighted by atomic mass is 9.88. The minimum atomic E-state index is 0.798. The van der Waals surface area contributed by atoms with Gasteiger partial charge in [0.2, 0.25) is 0 Å². The van der Waals surface area contributed by atoms with Crippen LogP contribution in [0, 0.1) is 241 Å². The second kappa shape index (κ2) is 33.4. The normalized spacial score (nSPS) is 11.4. The fraction of sp³-hybridized carbons (Fsp3) is 0.233. The van der Waals surface area contributed by atoms with Crippen molar-refractivity contribution in [2.75, 3.05) is 0 Å².